The first kappa shape index (κ1) is 17.1. The number of rotatable bonds is 4. The molecule has 0 saturated carbocycles. The zero-order chi connectivity index (χ0) is 17.0. The monoisotopic (exact) mass is 310 g/mol. The topological polar surface area (TPSA) is 41.1 Å². The summed E-state index contributed by atoms with van der Waals surface area (Å²) in [4.78, 5) is 12.3. The van der Waals surface area contributed by atoms with E-state index in [1.807, 2.05) is 50.2 Å². The molecule has 0 aliphatic carbocycles. The van der Waals surface area contributed by atoms with Crippen LogP contribution in [0.15, 0.2) is 42.5 Å². The lowest BCUT2D eigenvalue weighted by Crippen LogP contribution is -2.24. The number of aryl methyl sites for hydroxylation is 2. The molecular weight excluding hydrogens is 284 g/mol. The van der Waals surface area contributed by atoms with Crippen molar-refractivity contribution in [2.24, 2.45) is 0 Å². The van der Waals surface area contributed by atoms with Gasteiger partial charge >= 0.3 is 0 Å². The largest absolute Gasteiger partial charge is 0.376 e. The van der Waals surface area contributed by atoms with E-state index in [0.29, 0.717) is 0 Å². The highest BCUT2D eigenvalue weighted by Gasteiger charge is 2.17. The van der Waals surface area contributed by atoms with Gasteiger partial charge in [-0.15, -0.1) is 0 Å². The van der Waals surface area contributed by atoms with Gasteiger partial charge in [-0.2, -0.15) is 0 Å². The highest BCUT2D eigenvalue weighted by molar-refractivity contribution is 5.95. The number of benzene rings is 2. The standard InChI is InChI=1S/C20H26N2O/c1-14-9-8-10-15(2)19(14)22-18(23)13-21-17-12-7-6-11-16(17)20(3,4)5/h6-12,21H,13H2,1-5H3,(H,22,23). The molecule has 23 heavy (non-hydrogen) atoms. The molecule has 0 atom stereocenters. The van der Waals surface area contributed by atoms with Gasteiger partial charge in [-0.25, -0.2) is 0 Å². The van der Waals surface area contributed by atoms with Crippen molar-refractivity contribution in [3.63, 3.8) is 0 Å². The van der Waals surface area contributed by atoms with Crippen LogP contribution in [0.2, 0.25) is 0 Å². The molecule has 0 saturated heterocycles. The van der Waals surface area contributed by atoms with Crippen molar-refractivity contribution in [2.45, 2.75) is 40.0 Å². The van der Waals surface area contributed by atoms with Gasteiger partial charge in [0.2, 0.25) is 5.91 Å². The number of carbonyl (C=O) groups excluding carboxylic acids is 1. The summed E-state index contributed by atoms with van der Waals surface area (Å²) in [6, 6.07) is 14.1. The average Bonchev–Trinajstić information content (AvgIpc) is 2.48. The Morgan fingerprint density at radius 2 is 1.57 bits per heavy atom. The van der Waals surface area contributed by atoms with E-state index in [2.05, 4.69) is 37.5 Å². The molecule has 0 heterocycles. The highest BCUT2D eigenvalue weighted by atomic mass is 16.1. The smallest absolute Gasteiger partial charge is 0.243 e. The minimum atomic E-state index is -0.0360. The zero-order valence-corrected chi connectivity index (χ0v) is 14.7. The Bertz CT molecular complexity index is 679. The molecule has 0 radical (unpaired) electrons. The molecule has 0 spiro atoms. The molecular formula is C20H26N2O. The van der Waals surface area contributed by atoms with Crippen LogP contribution in [0.5, 0.6) is 0 Å². The molecule has 1 amide bonds. The summed E-state index contributed by atoms with van der Waals surface area (Å²) < 4.78 is 0. The summed E-state index contributed by atoms with van der Waals surface area (Å²) in [5.74, 6) is -0.0360. The first-order valence-electron chi connectivity index (χ1n) is 7.98. The second-order valence-electron chi connectivity index (χ2n) is 6.96. The second kappa shape index (κ2) is 6.86. The molecule has 0 bridgehead atoms. The number of hydrogen-bond acceptors (Lipinski definition) is 2. The Balaban J connectivity index is 2.06. The first-order chi connectivity index (χ1) is 10.8. The summed E-state index contributed by atoms with van der Waals surface area (Å²) in [6.07, 6.45) is 0. The molecule has 2 N–H and O–H groups in total. The maximum absolute atomic E-state index is 12.3. The SMILES string of the molecule is Cc1cccc(C)c1NC(=O)CNc1ccccc1C(C)(C)C. The van der Waals surface area contributed by atoms with Crippen molar-refractivity contribution >= 4 is 17.3 Å². The summed E-state index contributed by atoms with van der Waals surface area (Å²) in [5.41, 5.74) is 5.31. The number of nitrogens with one attached hydrogen (secondary N) is 2. The Hall–Kier alpha value is -2.29. The molecule has 0 aliphatic rings. The minimum absolute atomic E-state index is 0.0344. The van der Waals surface area contributed by atoms with Gasteiger partial charge in [0.25, 0.3) is 0 Å². The first-order valence-corrected chi connectivity index (χ1v) is 7.98. The van der Waals surface area contributed by atoms with Crippen molar-refractivity contribution in [1.29, 1.82) is 0 Å². The molecule has 0 aromatic heterocycles. The van der Waals surface area contributed by atoms with Gasteiger partial charge in [-0.1, -0.05) is 57.2 Å². The van der Waals surface area contributed by atoms with Gasteiger partial charge in [-0.05, 0) is 42.0 Å². The van der Waals surface area contributed by atoms with Crippen LogP contribution in [0.3, 0.4) is 0 Å². The maximum Gasteiger partial charge on any atom is 0.243 e. The Morgan fingerprint density at radius 3 is 2.17 bits per heavy atom. The van der Waals surface area contributed by atoms with E-state index >= 15 is 0 Å². The van der Waals surface area contributed by atoms with Crippen LogP contribution < -0.4 is 10.6 Å². The van der Waals surface area contributed by atoms with Crippen LogP contribution in [0.4, 0.5) is 11.4 Å². The summed E-state index contributed by atoms with van der Waals surface area (Å²) >= 11 is 0. The third kappa shape index (κ3) is 4.35. The van der Waals surface area contributed by atoms with Crippen molar-refractivity contribution in [3.05, 3.63) is 59.2 Å². The lowest BCUT2D eigenvalue weighted by Gasteiger charge is -2.23. The molecule has 0 aliphatic heterocycles. The predicted molar refractivity (Wildman–Crippen MR) is 98.2 cm³/mol. The quantitative estimate of drug-likeness (QED) is 0.863. The van der Waals surface area contributed by atoms with E-state index in [9.17, 15) is 4.79 Å². The number of para-hydroxylation sites is 2. The number of carbonyl (C=O) groups is 1. The Kier molecular flexibility index (Phi) is 5.09. The van der Waals surface area contributed by atoms with Crippen molar-refractivity contribution < 1.29 is 4.79 Å². The van der Waals surface area contributed by atoms with Crippen LogP contribution in [0.1, 0.15) is 37.5 Å². The van der Waals surface area contributed by atoms with E-state index in [1.165, 1.54) is 5.56 Å². The molecule has 122 valence electrons. The molecule has 2 rings (SSSR count). The number of amides is 1. The molecule has 0 fully saturated rings. The third-order valence-electron chi connectivity index (χ3n) is 3.92. The van der Waals surface area contributed by atoms with Crippen LogP contribution >= 0.6 is 0 Å². The van der Waals surface area contributed by atoms with Gasteiger partial charge < -0.3 is 10.6 Å². The fourth-order valence-corrected chi connectivity index (χ4v) is 2.66. The lowest BCUT2D eigenvalue weighted by atomic mass is 9.86. The van der Waals surface area contributed by atoms with Crippen LogP contribution in [0.25, 0.3) is 0 Å². The van der Waals surface area contributed by atoms with Crippen molar-refractivity contribution in [2.75, 3.05) is 17.2 Å². The minimum Gasteiger partial charge on any atom is -0.376 e. The van der Waals surface area contributed by atoms with E-state index in [-0.39, 0.29) is 17.9 Å². The van der Waals surface area contributed by atoms with Crippen LogP contribution in [-0.2, 0) is 10.2 Å². The molecule has 0 unspecified atom stereocenters. The van der Waals surface area contributed by atoms with Gasteiger partial charge in [0, 0.05) is 11.4 Å². The maximum atomic E-state index is 12.3. The van der Waals surface area contributed by atoms with Crippen LogP contribution in [-0.4, -0.2) is 12.5 Å². The van der Waals surface area contributed by atoms with Crippen molar-refractivity contribution in [1.82, 2.24) is 0 Å². The normalized spacial score (nSPS) is 11.2. The Labute approximate surface area is 139 Å². The van der Waals surface area contributed by atoms with E-state index in [0.717, 1.165) is 22.5 Å². The molecule has 3 heteroatoms. The highest BCUT2D eigenvalue weighted by Crippen LogP contribution is 2.29. The number of hydrogen-bond donors (Lipinski definition) is 2. The van der Waals surface area contributed by atoms with Gasteiger partial charge in [0.1, 0.15) is 0 Å². The number of anilines is 2. The summed E-state index contributed by atoms with van der Waals surface area (Å²) in [6.45, 7) is 10.8. The van der Waals surface area contributed by atoms with Gasteiger partial charge in [0.05, 0.1) is 6.54 Å². The molecule has 2 aromatic rings. The predicted octanol–water partition coefficient (Wildman–Crippen LogP) is 4.65. The fraction of sp³-hybridized carbons (Fsp3) is 0.350. The third-order valence-corrected chi connectivity index (χ3v) is 3.92. The molecule has 3 nitrogen and oxygen atoms in total. The van der Waals surface area contributed by atoms with E-state index < -0.39 is 0 Å². The fourth-order valence-electron chi connectivity index (χ4n) is 2.66. The molecule has 2 aromatic carbocycles. The van der Waals surface area contributed by atoms with Crippen molar-refractivity contribution in [3.8, 4) is 0 Å². The van der Waals surface area contributed by atoms with Crippen LogP contribution in [0, 0.1) is 13.8 Å². The van der Waals surface area contributed by atoms with Gasteiger partial charge in [-0.3, -0.25) is 4.79 Å². The van der Waals surface area contributed by atoms with E-state index in [4.69, 9.17) is 0 Å². The Morgan fingerprint density at radius 1 is 0.957 bits per heavy atom. The summed E-state index contributed by atoms with van der Waals surface area (Å²) in [7, 11) is 0. The van der Waals surface area contributed by atoms with E-state index in [1.54, 1.807) is 0 Å². The second-order valence-corrected chi connectivity index (χ2v) is 6.96. The lowest BCUT2D eigenvalue weighted by molar-refractivity contribution is -0.114. The van der Waals surface area contributed by atoms with Gasteiger partial charge in [0.15, 0.2) is 0 Å². The zero-order valence-electron chi connectivity index (χ0n) is 14.7. The average molecular weight is 310 g/mol. The summed E-state index contributed by atoms with van der Waals surface area (Å²) in [5, 5.41) is 6.27.